The molecular formula is C17H27NS2. The first-order chi connectivity index (χ1) is 9.47. The van der Waals surface area contributed by atoms with Crippen LogP contribution >= 0.6 is 23.5 Å². The SMILES string of the molecule is CC(C)c1ccc(CC(N)C2CSC(C)C(C)S2)cc1. The molecular weight excluding hydrogens is 282 g/mol. The quantitative estimate of drug-likeness (QED) is 0.898. The number of nitrogens with two attached hydrogens (primary N) is 1. The predicted molar refractivity (Wildman–Crippen MR) is 95.0 cm³/mol. The molecule has 1 aromatic rings. The van der Waals surface area contributed by atoms with Crippen molar-refractivity contribution in [3.8, 4) is 0 Å². The molecule has 0 aromatic heterocycles. The lowest BCUT2D eigenvalue weighted by Gasteiger charge is -2.34. The molecule has 0 amide bonds. The van der Waals surface area contributed by atoms with Crippen LogP contribution < -0.4 is 5.73 Å². The van der Waals surface area contributed by atoms with E-state index in [4.69, 9.17) is 5.73 Å². The minimum atomic E-state index is 0.271. The third-order valence-electron chi connectivity index (χ3n) is 4.17. The van der Waals surface area contributed by atoms with Gasteiger partial charge in [-0.2, -0.15) is 23.5 Å². The normalized spacial score (nSPS) is 28.6. The Balaban J connectivity index is 1.92. The molecule has 1 saturated heterocycles. The molecule has 0 bridgehead atoms. The van der Waals surface area contributed by atoms with E-state index in [0.717, 1.165) is 11.7 Å². The van der Waals surface area contributed by atoms with E-state index in [1.165, 1.54) is 16.9 Å². The van der Waals surface area contributed by atoms with Crippen molar-refractivity contribution in [2.45, 2.75) is 61.8 Å². The highest BCUT2D eigenvalue weighted by atomic mass is 32.2. The topological polar surface area (TPSA) is 26.0 Å². The van der Waals surface area contributed by atoms with Crippen LogP contribution in [0.1, 0.15) is 44.7 Å². The molecule has 112 valence electrons. The summed E-state index contributed by atoms with van der Waals surface area (Å²) in [4.78, 5) is 0. The van der Waals surface area contributed by atoms with Gasteiger partial charge in [0, 0.05) is 27.5 Å². The molecule has 0 radical (unpaired) electrons. The minimum absolute atomic E-state index is 0.271. The molecule has 20 heavy (non-hydrogen) atoms. The molecule has 1 aliphatic heterocycles. The Hall–Kier alpha value is -0.120. The molecule has 1 nitrogen and oxygen atoms in total. The number of hydrogen-bond acceptors (Lipinski definition) is 3. The van der Waals surface area contributed by atoms with Crippen molar-refractivity contribution in [1.29, 1.82) is 0 Å². The second-order valence-corrected chi connectivity index (χ2v) is 9.21. The highest BCUT2D eigenvalue weighted by Crippen LogP contribution is 2.37. The predicted octanol–water partition coefficient (Wildman–Crippen LogP) is 4.31. The van der Waals surface area contributed by atoms with Gasteiger partial charge in [0.25, 0.3) is 0 Å². The van der Waals surface area contributed by atoms with Gasteiger partial charge in [-0.15, -0.1) is 0 Å². The third-order valence-corrected chi connectivity index (χ3v) is 7.74. The van der Waals surface area contributed by atoms with Crippen LogP contribution in [0.4, 0.5) is 0 Å². The van der Waals surface area contributed by atoms with Crippen LogP contribution in [0.25, 0.3) is 0 Å². The summed E-state index contributed by atoms with van der Waals surface area (Å²) in [5.41, 5.74) is 9.24. The zero-order valence-electron chi connectivity index (χ0n) is 13.0. The molecule has 1 aromatic carbocycles. The van der Waals surface area contributed by atoms with Crippen LogP contribution in [0.5, 0.6) is 0 Å². The molecule has 4 unspecified atom stereocenters. The monoisotopic (exact) mass is 309 g/mol. The molecule has 4 atom stereocenters. The van der Waals surface area contributed by atoms with Gasteiger partial charge >= 0.3 is 0 Å². The van der Waals surface area contributed by atoms with Crippen LogP contribution in [-0.2, 0) is 6.42 Å². The highest BCUT2D eigenvalue weighted by Gasteiger charge is 2.29. The lowest BCUT2D eigenvalue weighted by Crippen LogP contribution is -2.41. The molecule has 0 spiro atoms. The maximum atomic E-state index is 6.45. The van der Waals surface area contributed by atoms with E-state index in [9.17, 15) is 0 Å². The molecule has 1 fully saturated rings. The van der Waals surface area contributed by atoms with Gasteiger partial charge < -0.3 is 5.73 Å². The van der Waals surface area contributed by atoms with Crippen molar-refractivity contribution < 1.29 is 0 Å². The first-order valence-corrected chi connectivity index (χ1v) is 9.58. The van der Waals surface area contributed by atoms with Crippen molar-refractivity contribution >= 4 is 23.5 Å². The van der Waals surface area contributed by atoms with E-state index in [1.807, 2.05) is 0 Å². The Labute approximate surface area is 132 Å². The van der Waals surface area contributed by atoms with E-state index in [2.05, 4.69) is 75.5 Å². The largest absolute Gasteiger partial charge is 0.326 e. The first-order valence-electron chi connectivity index (χ1n) is 7.59. The summed E-state index contributed by atoms with van der Waals surface area (Å²) >= 11 is 4.16. The van der Waals surface area contributed by atoms with Crippen molar-refractivity contribution in [3.05, 3.63) is 35.4 Å². The molecule has 2 N–H and O–H groups in total. The van der Waals surface area contributed by atoms with Gasteiger partial charge in [0.1, 0.15) is 0 Å². The van der Waals surface area contributed by atoms with E-state index < -0.39 is 0 Å². The fraction of sp³-hybridized carbons (Fsp3) is 0.647. The molecule has 0 saturated carbocycles. The molecule has 0 aliphatic carbocycles. The molecule has 1 aliphatic rings. The average molecular weight is 310 g/mol. The standard InChI is InChI=1S/C17H27NS2/c1-11(2)15-7-5-14(6-8-15)9-16(18)17-10-19-12(3)13(4)20-17/h5-8,11-13,16-17H,9-10,18H2,1-4H3. The second-order valence-electron chi connectivity index (χ2n) is 6.18. The van der Waals surface area contributed by atoms with Gasteiger partial charge in [0.2, 0.25) is 0 Å². The molecule has 2 rings (SSSR count). The van der Waals surface area contributed by atoms with E-state index in [1.54, 1.807) is 0 Å². The first kappa shape index (κ1) is 16.3. The summed E-state index contributed by atoms with van der Waals surface area (Å²) in [6, 6.07) is 9.27. The molecule has 3 heteroatoms. The summed E-state index contributed by atoms with van der Waals surface area (Å²) in [6.07, 6.45) is 0.998. The van der Waals surface area contributed by atoms with Gasteiger partial charge in [0.05, 0.1) is 0 Å². The maximum absolute atomic E-state index is 6.45. The van der Waals surface area contributed by atoms with Crippen molar-refractivity contribution in [2.24, 2.45) is 5.73 Å². The third kappa shape index (κ3) is 4.19. The van der Waals surface area contributed by atoms with Gasteiger partial charge in [-0.1, -0.05) is 52.0 Å². The number of rotatable bonds is 4. The number of thioether (sulfide) groups is 2. The second kappa shape index (κ2) is 7.24. The van der Waals surface area contributed by atoms with Crippen molar-refractivity contribution in [1.82, 2.24) is 0 Å². The Bertz CT molecular complexity index is 416. The van der Waals surface area contributed by atoms with E-state index in [0.29, 0.717) is 16.4 Å². The van der Waals surface area contributed by atoms with Crippen LogP contribution in [0, 0.1) is 0 Å². The zero-order chi connectivity index (χ0) is 14.7. The lowest BCUT2D eigenvalue weighted by molar-refractivity contribution is 0.656. The lowest BCUT2D eigenvalue weighted by atomic mass is 9.98. The van der Waals surface area contributed by atoms with Gasteiger partial charge in [0.15, 0.2) is 0 Å². The van der Waals surface area contributed by atoms with Crippen molar-refractivity contribution in [2.75, 3.05) is 5.75 Å². The summed E-state index contributed by atoms with van der Waals surface area (Å²) in [5, 5.41) is 2.07. The Morgan fingerprint density at radius 3 is 2.35 bits per heavy atom. The number of hydrogen-bond donors (Lipinski definition) is 1. The Kier molecular flexibility index (Phi) is 5.88. The fourth-order valence-corrected chi connectivity index (χ4v) is 5.53. The smallest absolute Gasteiger partial charge is 0.0295 e. The van der Waals surface area contributed by atoms with Crippen LogP contribution in [0.3, 0.4) is 0 Å². The van der Waals surface area contributed by atoms with E-state index in [-0.39, 0.29) is 6.04 Å². The van der Waals surface area contributed by atoms with Crippen LogP contribution in [0.2, 0.25) is 0 Å². The summed E-state index contributed by atoms with van der Waals surface area (Å²) in [7, 11) is 0. The van der Waals surface area contributed by atoms with Gasteiger partial charge in [-0.3, -0.25) is 0 Å². The summed E-state index contributed by atoms with van der Waals surface area (Å²) in [6.45, 7) is 9.13. The molecule has 1 heterocycles. The van der Waals surface area contributed by atoms with Gasteiger partial charge in [-0.25, -0.2) is 0 Å². The summed E-state index contributed by atoms with van der Waals surface area (Å²) < 4.78 is 0. The zero-order valence-corrected chi connectivity index (χ0v) is 14.6. The van der Waals surface area contributed by atoms with Crippen LogP contribution in [-0.4, -0.2) is 27.5 Å². The minimum Gasteiger partial charge on any atom is -0.326 e. The Morgan fingerprint density at radius 2 is 1.80 bits per heavy atom. The summed E-state index contributed by atoms with van der Waals surface area (Å²) in [5.74, 6) is 1.80. The average Bonchev–Trinajstić information content (AvgIpc) is 2.42. The highest BCUT2D eigenvalue weighted by molar-refractivity contribution is 8.07. The van der Waals surface area contributed by atoms with Gasteiger partial charge in [-0.05, 0) is 23.5 Å². The maximum Gasteiger partial charge on any atom is 0.0295 e. The van der Waals surface area contributed by atoms with Crippen molar-refractivity contribution in [3.63, 3.8) is 0 Å². The fourth-order valence-electron chi connectivity index (χ4n) is 2.47. The Morgan fingerprint density at radius 1 is 1.15 bits per heavy atom. The van der Waals surface area contributed by atoms with E-state index >= 15 is 0 Å². The number of benzene rings is 1. The van der Waals surface area contributed by atoms with Crippen LogP contribution in [0.15, 0.2) is 24.3 Å².